The van der Waals surface area contributed by atoms with Crippen LogP contribution in [0.15, 0.2) is 42.5 Å². The molecule has 0 bridgehead atoms. The molecule has 4 rings (SSSR count). The number of fused-ring (bicyclic) bond motifs is 3. The average molecular weight is 392 g/mol. The molecule has 2 aliphatic heterocycles. The molecule has 29 heavy (non-hydrogen) atoms. The zero-order valence-corrected chi connectivity index (χ0v) is 17.7. The first-order valence-corrected chi connectivity index (χ1v) is 9.93. The van der Waals surface area contributed by atoms with Gasteiger partial charge < -0.3 is 19.7 Å². The molecular weight excluding hydrogens is 364 g/mol. The lowest BCUT2D eigenvalue weighted by atomic mass is 9.74. The van der Waals surface area contributed by atoms with Crippen LogP contribution in [0.3, 0.4) is 0 Å². The molecule has 0 radical (unpaired) electrons. The number of hydrogen-bond donors (Lipinski definition) is 1. The predicted octanol–water partition coefficient (Wildman–Crippen LogP) is 4.04. The second-order valence-corrected chi connectivity index (χ2v) is 8.30. The Balaban J connectivity index is 1.83. The van der Waals surface area contributed by atoms with Crippen molar-refractivity contribution in [1.29, 1.82) is 0 Å². The maximum atomic E-state index is 12.5. The number of anilines is 1. The Morgan fingerprint density at radius 1 is 1.10 bits per heavy atom. The summed E-state index contributed by atoms with van der Waals surface area (Å²) in [6.07, 6.45) is 4.64. The second kappa shape index (κ2) is 6.83. The normalized spacial score (nSPS) is 22.2. The standard InChI is InChI=1S/C24H28N2O3/c1-16-6-9-20-19(14-16)23(2,3)24(25-22(27)11-13-26(20)24)12-10-17-7-8-18(28-4)15-21(17)29-5/h6-10,12,14-15H,11,13H2,1-5H3,(H,25,27). The fourth-order valence-corrected chi connectivity index (χ4v) is 4.63. The third-order valence-corrected chi connectivity index (χ3v) is 6.33. The monoisotopic (exact) mass is 392 g/mol. The number of amides is 1. The van der Waals surface area contributed by atoms with Gasteiger partial charge in [-0.2, -0.15) is 0 Å². The van der Waals surface area contributed by atoms with Crippen molar-refractivity contribution < 1.29 is 14.3 Å². The largest absolute Gasteiger partial charge is 0.497 e. The van der Waals surface area contributed by atoms with E-state index in [-0.39, 0.29) is 11.3 Å². The van der Waals surface area contributed by atoms with Gasteiger partial charge in [-0.15, -0.1) is 0 Å². The number of nitrogens with zero attached hydrogens (tertiary/aromatic N) is 1. The van der Waals surface area contributed by atoms with Crippen LogP contribution in [0.5, 0.6) is 11.5 Å². The highest BCUT2D eigenvalue weighted by molar-refractivity contribution is 5.85. The molecule has 2 aromatic rings. The summed E-state index contributed by atoms with van der Waals surface area (Å²) < 4.78 is 10.9. The molecule has 1 atom stereocenters. The van der Waals surface area contributed by atoms with E-state index in [1.807, 2.05) is 24.3 Å². The van der Waals surface area contributed by atoms with Gasteiger partial charge in [0.1, 0.15) is 17.2 Å². The number of aryl methyl sites for hydroxylation is 1. The number of methoxy groups -OCH3 is 2. The molecule has 1 unspecified atom stereocenters. The number of rotatable bonds is 4. The van der Waals surface area contributed by atoms with E-state index in [9.17, 15) is 4.79 Å². The molecule has 2 aliphatic rings. The first-order chi connectivity index (χ1) is 13.8. The zero-order chi connectivity index (χ0) is 20.8. The summed E-state index contributed by atoms with van der Waals surface area (Å²) in [4.78, 5) is 14.9. The number of nitrogens with one attached hydrogen (secondary N) is 1. The highest BCUT2D eigenvalue weighted by Gasteiger charge is 2.57. The van der Waals surface area contributed by atoms with Crippen molar-refractivity contribution in [2.24, 2.45) is 0 Å². The van der Waals surface area contributed by atoms with Crippen molar-refractivity contribution in [3.63, 3.8) is 0 Å². The fourth-order valence-electron chi connectivity index (χ4n) is 4.63. The maximum Gasteiger partial charge on any atom is 0.223 e. The first-order valence-electron chi connectivity index (χ1n) is 9.93. The molecule has 2 aromatic carbocycles. The molecule has 0 saturated carbocycles. The lowest BCUT2D eigenvalue weighted by Crippen LogP contribution is -2.68. The maximum absolute atomic E-state index is 12.5. The van der Waals surface area contributed by atoms with Gasteiger partial charge in [-0.05, 0) is 36.8 Å². The van der Waals surface area contributed by atoms with Gasteiger partial charge in [0.2, 0.25) is 5.91 Å². The van der Waals surface area contributed by atoms with Crippen molar-refractivity contribution in [3.05, 3.63) is 59.2 Å². The SMILES string of the molecule is COc1ccc(C=CC23NC(=O)CCN2c2ccc(C)cc2C3(C)C)c(OC)c1. The summed E-state index contributed by atoms with van der Waals surface area (Å²) in [5, 5.41) is 3.31. The van der Waals surface area contributed by atoms with Crippen LogP contribution >= 0.6 is 0 Å². The Hall–Kier alpha value is -2.95. The first kappa shape index (κ1) is 19.4. The third-order valence-electron chi connectivity index (χ3n) is 6.33. The smallest absolute Gasteiger partial charge is 0.223 e. The molecule has 5 nitrogen and oxygen atoms in total. The molecular formula is C24H28N2O3. The van der Waals surface area contributed by atoms with Crippen molar-refractivity contribution in [1.82, 2.24) is 5.32 Å². The van der Waals surface area contributed by atoms with E-state index in [2.05, 4.69) is 55.3 Å². The number of ether oxygens (including phenoxy) is 2. The van der Waals surface area contributed by atoms with Gasteiger partial charge in [-0.3, -0.25) is 4.79 Å². The van der Waals surface area contributed by atoms with Gasteiger partial charge in [-0.1, -0.05) is 37.6 Å². The van der Waals surface area contributed by atoms with Crippen LogP contribution in [0.25, 0.3) is 6.08 Å². The Kier molecular flexibility index (Phi) is 4.56. The summed E-state index contributed by atoms with van der Waals surface area (Å²) in [6.45, 7) is 7.20. The Morgan fingerprint density at radius 3 is 2.62 bits per heavy atom. The number of carbonyl (C=O) groups is 1. The van der Waals surface area contributed by atoms with Gasteiger partial charge in [0.05, 0.1) is 14.2 Å². The van der Waals surface area contributed by atoms with Crippen LogP contribution in [-0.4, -0.2) is 32.3 Å². The minimum absolute atomic E-state index is 0.0743. The van der Waals surface area contributed by atoms with Crippen molar-refractivity contribution in [2.75, 3.05) is 25.7 Å². The van der Waals surface area contributed by atoms with E-state index >= 15 is 0 Å². The van der Waals surface area contributed by atoms with Gasteiger partial charge in [0.25, 0.3) is 0 Å². The summed E-state index contributed by atoms with van der Waals surface area (Å²) in [7, 11) is 3.29. The fraction of sp³-hybridized carbons (Fsp3) is 0.375. The van der Waals surface area contributed by atoms with Crippen LogP contribution in [0.1, 0.15) is 37.0 Å². The summed E-state index contributed by atoms with van der Waals surface area (Å²) >= 11 is 0. The van der Waals surface area contributed by atoms with Crippen LogP contribution in [0.4, 0.5) is 5.69 Å². The number of hydrogen-bond acceptors (Lipinski definition) is 4. The average Bonchev–Trinajstić information content (AvgIpc) is 2.90. The van der Waals surface area contributed by atoms with Gasteiger partial charge in [0.15, 0.2) is 0 Å². The minimum Gasteiger partial charge on any atom is -0.497 e. The lowest BCUT2D eigenvalue weighted by Gasteiger charge is -2.49. The van der Waals surface area contributed by atoms with E-state index in [1.165, 1.54) is 16.8 Å². The predicted molar refractivity (Wildman–Crippen MR) is 116 cm³/mol. The highest BCUT2D eigenvalue weighted by atomic mass is 16.5. The van der Waals surface area contributed by atoms with Crippen molar-refractivity contribution in [3.8, 4) is 11.5 Å². The van der Waals surface area contributed by atoms with E-state index in [0.717, 1.165) is 17.1 Å². The van der Waals surface area contributed by atoms with Crippen LogP contribution in [0, 0.1) is 6.92 Å². The molecule has 0 aromatic heterocycles. The van der Waals surface area contributed by atoms with E-state index < -0.39 is 5.66 Å². The summed E-state index contributed by atoms with van der Waals surface area (Å²) in [5.41, 5.74) is 3.66. The van der Waals surface area contributed by atoms with Crippen LogP contribution < -0.4 is 19.7 Å². The Morgan fingerprint density at radius 2 is 1.90 bits per heavy atom. The van der Waals surface area contributed by atoms with Crippen LogP contribution in [0.2, 0.25) is 0 Å². The summed E-state index contributed by atoms with van der Waals surface area (Å²) in [6, 6.07) is 12.3. The van der Waals surface area contributed by atoms with Crippen molar-refractivity contribution >= 4 is 17.7 Å². The molecule has 1 amide bonds. The van der Waals surface area contributed by atoms with Gasteiger partial charge in [0, 0.05) is 35.7 Å². The molecule has 5 heteroatoms. The summed E-state index contributed by atoms with van der Waals surface area (Å²) in [5.74, 6) is 1.55. The highest BCUT2D eigenvalue weighted by Crippen LogP contribution is 2.52. The lowest BCUT2D eigenvalue weighted by molar-refractivity contribution is -0.124. The second-order valence-electron chi connectivity index (χ2n) is 8.30. The van der Waals surface area contributed by atoms with Crippen molar-refractivity contribution in [2.45, 2.75) is 38.3 Å². The molecule has 1 N–H and O–H groups in total. The quantitative estimate of drug-likeness (QED) is 0.853. The minimum atomic E-state index is -0.636. The zero-order valence-electron chi connectivity index (χ0n) is 17.7. The number of carbonyl (C=O) groups excluding carboxylic acids is 1. The van der Waals surface area contributed by atoms with E-state index in [0.29, 0.717) is 13.0 Å². The molecule has 0 spiro atoms. The topological polar surface area (TPSA) is 50.8 Å². The van der Waals surface area contributed by atoms with Gasteiger partial charge in [-0.25, -0.2) is 0 Å². The molecule has 152 valence electrons. The molecule has 0 aliphatic carbocycles. The molecule has 1 saturated heterocycles. The Labute approximate surface area is 172 Å². The number of benzene rings is 2. The van der Waals surface area contributed by atoms with Gasteiger partial charge >= 0.3 is 0 Å². The van der Waals surface area contributed by atoms with Crippen LogP contribution in [-0.2, 0) is 10.2 Å². The molecule has 1 fully saturated rings. The van der Waals surface area contributed by atoms with E-state index in [1.54, 1.807) is 14.2 Å². The third kappa shape index (κ3) is 2.87. The molecule has 2 heterocycles. The van der Waals surface area contributed by atoms with E-state index in [4.69, 9.17) is 9.47 Å². The Bertz CT molecular complexity index is 996.